The lowest BCUT2D eigenvalue weighted by Gasteiger charge is -2.04. The van der Waals surface area contributed by atoms with E-state index in [1.807, 2.05) is 48.7 Å². The highest BCUT2D eigenvalue weighted by atomic mass is 32.2. The summed E-state index contributed by atoms with van der Waals surface area (Å²) in [6.07, 6.45) is 0. The van der Waals surface area contributed by atoms with Gasteiger partial charge >= 0.3 is 0 Å². The predicted octanol–water partition coefficient (Wildman–Crippen LogP) is 3.65. The van der Waals surface area contributed by atoms with E-state index in [1.165, 1.54) is 23.1 Å². The Labute approximate surface area is 153 Å². The van der Waals surface area contributed by atoms with E-state index in [2.05, 4.69) is 20.5 Å². The topological polar surface area (TPSA) is 77.0 Å². The van der Waals surface area contributed by atoms with Crippen LogP contribution in [0.3, 0.4) is 0 Å². The molecular weight excluding hydrogens is 356 g/mol. The molecule has 0 fully saturated rings. The molecule has 0 aliphatic rings. The van der Waals surface area contributed by atoms with Gasteiger partial charge in [-0.15, -0.1) is 21.5 Å². The average molecular weight is 372 g/mol. The van der Waals surface area contributed by atoms with Crippen LogP contribution in [0.15, 0.2) is 46.8 Å². The molecule has 2 heterocycles. The molecule has 8 heteroatoms. The number of benzene rings is 1. The number of aryl methyl sites for hydroxylation is 1. The van der Waals surface area contributed by atoms with E-state index in [4.69, 9.17) is 4.74 Å². The number of methoxy groups -OCH3 is 1. The first-order valence-corrected chi connectivity index (χ1v) is 9.33. The number of anilines is 1. The Balaban J connectivity index is 1.55. The molecule has 0 saturated heterocycles. The molecule has 6 nitrogen and oxygen atoms in total. The van der Waals surface area contributed by atoms with Gasteiger partial charge in [0.05, 0.1) is 24.3 Å². The fourth-order valence-electron chi connectivity index (χ4n) is 2.02. The van der Waals surface area contributed by atoms with E-state index >= 15 is 0 Å². The number of aromatic nitrogens is 3. The van der Waals surface area contributed by atoms with Crippen LogP contribution in [0, 0.1) is 6.92 Å². The fourth-order valence-corrected chi connectivity index (χ4v) is 3.34. The van der Waals surface area contributed by atoms with Gasteiger partial charge in [-0.1, -0.05) is 11.8 Å². The number of hydrogen-bond acceptors (Lipinski definition) is 7. The second-order valence-corrected chi connectivity index (χ2v) is 6.97. The normalized spacial score (nSPS) is 10.5. The molecular formula is C17H16N4O2S2. The summed E-state index contributed by atoms with van der Waals surface area (Å²) in [5.41, 5.74) is 2.63. The summed E-state index contributed by atoms with van der Waals surface area (Å²) in [5.74, 6) is 0.945. The van der Waals surface area contributed by atoms with E-state index in [0.717, 1.165) is 22.7 Å². The molecule has 25 heavy (non-hydrogen) atoms. The maximum absolute atomic E-state index is 11.9. The van der Waals surface area contributed by atoms with Crippen LogP contribution < -0.4 is 10.1 Å². The second-order valence-electron chi connectivity index (χ2n) is 5.12. The van der Waals surface area contributed by atoms with Crippen molar-refractivity contribution < 1.29 is 9.53 Å². The number of carbonyl (C=O) groups is 1. The van der Waals surface area contributed by atoms with E-state index in [9.17, 15) is 4.79 Å². The largest absolute Gasteiger partial charge is 0.497 e. The van der Waals surface area contributed by atoms with Crippen LogP contribution in [-0.4, -0.2) is 34.0 Å². The molecule has 1 N–H and O–H groups in total. The van der Waals surface area contributed by atoms with Crippen molar-refractivity contribution in [3.8, 4) is 17.0 Å². The van der Waals surface area contributed by atoms with Gasteiger partial charge < -0.3 is 10.1 Å². The third kappa shape index (κ3) is 4.77. The maximum Gasteiger partial charge on any atom is 0.236 e. The summed E-state index contributed by atoms with van der Waals surface area (Å²) >= 11 is 2.75. The van der Waals surface area contributed by atoms with Gasteiger partial charge in [-0.05, 0) is 43.3 Å². The molecule has 0 aliphatic carbocycles. The quantitative estimate of drug-likeness (QED) is 0.666. The van der Waals surface area contributed by atoms with Crippen LogP contribution in [0.2, 0.25) is 0 Å². The zero-order chi connectivity index (χ0) is 17.6. The molecule has 0 radical (unpaired) electrons. The molecule has 0 saturated carbocycles. The van der Waals surface area contributed by atoms with Crippen molar-refractivity contribution in [1.82, 2.24) is 15.2 Å². The number of nitrogens with one attached hydrogen (secondary N) is 1. The number of thioether (sulfide) groups is 1. The molecule has 3 aromatic rings. The van der Waals surface area contributed by atoms with Crippen molar-refractivity contribution >= 4 is 34.1 Å². The Kier molecular flexibility index (Phi) is 5.62. The smallest absolute Gasteiger partial charge is 0.236 e. The molecule has 0 aliphatic heterocycles. The van der Waals surface area contributed by atoms with Gasteiger partial charge in [-0.25, -0.2) is 4.98 Å². The van der Waals surface area contributed by atoms with E-state index in [-0.39, 0.29) is 11.7 Å². The van der Waals surface area contributed by atoms with Crippen LogP contribution >= 0.6 is 23.1 Å². The first-order chi connectivity index (χ1) is 12.1. The van der Waals surface area contributed by atoms with Crippen molar-refractivity contribution in [3.63, 3.8) is 0 Å². The standard InChI is InChI=1S/C17H16N4O2S2/c1-11-9-25-17(18-11)19-15(22)10-24-16-8-7-14(20-21-16)12-3-5-13(23-2)6-4-12/h3-9H,10H2,1-2H3,(H,18,19,22). The highest BCUT2D eigenvalue weighted by Gasteiger charge is 2.08. The van der Waals surface area contributed by atoms with Gasteiger partial charge in [0, 0.05) is 10.9 Å². The molecule has 0 unspecified atom stereocenters. The van der Waals surface area contributed by atoms with Crippen molar-refractivity contribution in [2.75, 3.05) is 18.2 Å². The lowest BCUT2D eigenvalue weighted by molar-refractivity contribution is -0.113. The Morgan fingerprint density at radius 3 is 2.60 bits per heavy atom. The van der Waals surface area contributed by atoms with Crippen LogP contribution in [0.25, 0.3) is 11.3 Å². The zero-order valence-corrected chi connectivity index (χ0v) is 15.4. The highest BCUT2D eigenvalue weighted by Crippen LogP contribution is 2.22. The Bertz CT molecular complexity index is 848. The van der Waals surface area contributed by atoms with Gasteiger partial charge in [-0.2, -0.15) is 0 Å². The fraction of sp³-hybridized carbons (Fsp3) is 0.176. The summed E-state index contributed by atoms with van der Waals surface area (Å²) in [4.78, 5) is 16.1. The first kappa shape index (κ1) is 17.4. The zero-order valence-electron chi connectivity index (χ0n) is 13.7. The Hall–Kier alpha value is -2.45. The van der Waals surface area contributed by atoms with Gasteiger partial charge in [0.2, 0.25) is 5.91 Å². The average Bonchev–Trinajstić information content (AvgIpc) is 3.05. The van der Waals surface area contributed by atoms with Crippen LogP contribution in [-0.2, 0) is 4.79 Å². The number of carbonyl (C=O) groups excluding carboxylic acids is 1. The minimum absolute atomic E-state index is 0.111. The maximum atomic E-state index is 11.9. The highest BCUT2D eigenvalue weighted by molar-refractivity contribution is 7.99. The predicted molar refractivity (Wildman–Crippen MR) is 100 cm³/mol. The van der Waals surface area contributed by atoms with E-state index < -0.39 is 0 Å². The van der Waals surface area contributed by atoms with Gasteiger partial charge in [0.1, 0.15) is 10.8 Å². The Morgan fingerprint density at radius 1 is 1.20 bits per heavy atom. The summed E-state index contributed by atoms with van der Waals surface area (Å²) in [7, 11) is 1.63. The SMILES string of the molecule is COc1ccc(-c2ccc(SCC(=O)Nc3nc(C)cs3)nn2)cc1. The molecule has 1 aromatic carbocycles. The summed E-state index contributed by atoms with van der Waals surface area (Å²) in [6, 6.07) is 11.4. The number of thiazole rings is 1. The number of nitrogens with zero attached hydrogens (tertiary/aromatic N) is 3. The minimum atomic E-state index is -0.111. The second kappa shape index (κ2) is 8.09. The number of ether oxygens (including phenoxy) is 1. The third-order valence-electron chi connectivity index (χ3n) is 3.24. The first-order valence-electron chi connectivity index (χ1n) is 7.47. The van der Waals surface area contributed by atoms with E-state index in [0.29, 0.717) is 10.2 Å². The molecule has 3 rings (SSSR count). The van der Waals surface area contributed by atoms with Crippen LogP contribution in [0.1, 0.15) is 5.69 Å². The number of rotatable bonds is 6. The van der Waals surface area contributed by atoms with Crippen molar-refractivity contribution in [2.45, 2.75) is 11.9 Å². The van der Waals surface area contributed by atoms with Crippen LogP contribution in [0.5, 0.6) is 5.75 Å². The lowest BCUT2D eigenvalue weighted by Crippen LogP contribution is -2.14. The van der Waals surface area contributed by atoms with Crippen molar-refractivity contribution in [2.24, 2.45) is 0 Å². The molecule has 128 valence electrons. The Morgan fingerprint density at radius 2 is 2.00 bits per heavy atom. The number of amides is 1. The monoisotopic (exact) mass is 372 g/mol. The van der Waals surface area contributed by atoms with Crippen LogP contribution in [0.4, 0.5) is 5.13 Å². The van der Waals surface area contributed by atoms with Crippen molar-refractivity contribution in [3.05, 3.63) is 47.5 Å². The van der Waals surface area contributed by atoms with Gasteiger partial charge in [-0.3, -0.25) is 4.79 Å². The molecule has 0 bridgehead atoms. The molecule has 0 spiro atoms. The van der Waals surface area contributed by atoms with E-state index in [1.54, 1.807) is 7.11 Å². The summed E-state index contributed by atoms with van der Waals surface area (Å²) in [6.45, 7) is 1.89. The van der Waals surface area contributed by atoms with Crippen molar-refractivity contribution in [1.29, 1.82) is 0 Å². The molecule has 1 amide bonds. The lowest BCUT2D eigenvalue weighted by atomic mass is 10.1. The summed E-state index contributed by atoms with van der Waals surface area (Å²) < 4.78 is 5.14. The van der Waals surface area contributed by atoms with Gasteiger partial charge in [0.25, 0.3) is 0 Å². The third-order valence-corrected chi connectivity index (χ3v) is 5.04. The number of hydrogen-bond donors (Lipinski definition) is 1. The summed E-state index contributed by atoms with van der Waals surface area (Å²) in [5, 5.41) is 14.4. The molecule has 0 atom stereocenters. The molecule has 2 aromatic heterocycles. The minimum Gasteiger partial charge on any atom is -0.497 e. The van der Waals surface area contributed by atoms with Gasteiger partial charge in [0.15, 0.2) is 5.13 Å².